The first kappa shape index (κ1) is 19.5. The minimum Gasteiger partial charge on any atom is -0.319 e. The van der Waals surface area contributed by atoms with Gasteiger partial charge in [0.05, 0.1) is 11.1 Å². The molecule has 1 atom stereocenters. The van der Waals surface area contributed by atoms with Crippen molar-refractivity contribution in [3.05, 3.63) is 34.9 Å². The first-order chi connectivity index (χ1) is 9.99. The molecule has 1 nitrogen and oxygen atoms in total. The lowest BCUT2D eigenvalue weighted by atomic mass is 9.93. The summed E-state index contributed by atoms with van der Waals surface area (Å²) in [4.78, 5) is 0. The minimum atomic E-state index is -6.34. The lowest BCUT2D eigenvalue weighted by Gasteiger charge is -2.28. The standard InChI is InChI=1S/C11H6F11N/c12-8(13,11(20,21)22)7(23)5-3-4(9(14,15)16)1-2-6(5)10(17,18)19/h1-3,7H,23H2/t7-/m1/s1. The predicted octanol–water partition coefficient (Wildman–Crippen LogP) is 4.92. The molecule has 0 aromatic heterocycles. The molecule has 0 unspecified atom stereocenters. The summed E-state index contributed by atoms with van der Waals surface area (Å²) in [5.74, 6) is -5.86. The van der Waals surface area contributed by atoms with Gasteiger partial charge in [-0.3, -0.25) is 0 Å². The van der Waals surface area contributed by atoms with Crippen molar-refractivity contribution in [3.8, 4) is 0 Å². The van der Waals surface area contributed by atoms with E-state index in [0.717, 1.165) is 0 Å². The van der Waals surface area contributed by atoms with Gasteiger partial charge in [-0.25, -0.2) is 0 Å². The Balaban J connectivity index is 3.59. The Kier molecular flexibility index (Phi) is 4.65. The van der Waals surface area contributed by atoms with Gasteiger partial charge >= 0.3 is 24.5 Å². The zero-order valence-electron chi connectivity index (χ0n) is 10.5. The third-order valence-corrected chi connectivity index (χ3v) is 2.79. The molecule has 0 aliphatic heterocycles. The van der Waals surface area contributed by atoms with Crippen LogP contribution in [-0.4, -0.2) is 12.1 Å². The largest absolute Gasteiger partial charge is 0.455 e. The SMILES string of the molecule is N[C@H](c1cc(C(F)(F)F)ccc1C(F)(F)F)C(F)(F)C(F)(F)F. The second-order valence-corrected chi connectivity index (χ2v) is 4.40. The van der Waals surface area contributed by atoms with Crippen molar-refractivity contribution in [2.24, 2.45) is 5.73 Å². The van der Waals surface area contributed by atoms with Crippen molar-refractivity contribution >= 4 is 0 Å². The van der Waals surface area contributed by atoms with E-state index in [4.69, 9.17) is 0 Å². The highest BCUT2D eigenvalue weighted by Crippen LogP contribution is 2.47. The molecular weight excluding hydrogens is 355 g/mol. The molecule has 0 amide bonds. The number of hydrogen-bond acceptors (Lipinski definition) is 1. The molecule has 0 fully saturated rings. The summed E-state index contributed by atoms with van der Waals surface area (Å²) >= 11 is 0. The number of halogens is 11. The third kappa shape index (κ3) is 3.85. The van der Waals surface area contributed by atoms with E-state index in [1.165, 1.54) is 0 Å². The molecular formula is C11H6F11N. The van der Waals surface area contributed by atoms with Gasteiger partial charge in [-0.2, -0.15) is 48.3 Å². The van der Waals surface area contributed by atoms with E-state index in [2.05, 4.69) is 5.73 Å². The third-order valence-electron chi connectivity index (χ3n) is 2.79. The lowest BCUT2D eigenvalue weighted by Crippen LogP contribution is -2.46. The maximum Gasteiger partial charge on any atom is 0.455 e. The van der Waals surface area contributed by atoms with Crippen molar-refractivity contribution in [1.82, 2.24) is 0 Å². The first-order valence-electron chi connectivity index (χ1n) is 5.48. The lowest BCUT2D eigenvalue weighted by molar-refractivity contribution is -0.291. The van der Waals surface area contributed by atoms with Crippen LogP contribution < -0.4 is 5.73 Å². The fourth-order valence-corrected chi connectivity index (χ4v) is 1.63. The summed E-state index contributed by atoms with van der Waals surface area (Å²) in [5, 5.41) is 0. The van der Waals surface area contributed by atoms with Gasteiger partial charge in [0, 0.05) is 0 Å². The van der Waals surface area contributed by atoms with Gasteiger partial charge < -0.3 is 5.73 Å². The van der Waals surface area contributed by atoms with Gasteiger partial charge in [-0.1, -0.05) is 0 Å². The van der Waals surface area contributed by atoms with E-state index < -0.39 is 53.2 Å². The van der Waals surface area contributed by atoms with Gasteiger partial charge in [-0.05, 0) is 23.8 Å². The van der Waals surface area contributed by atoms with Gasteiger partial charge in [0.15, 0.2) is 0 Å². The van der Waals surface area contributed by atoms with Crippen LogP contribution in [0.4, 0.5) is 48.3 Å². The Morgan fingerprint density at radius 1 is 0.739 bits per heavy atom. The summed E-state index contributed by atoms with van der Waals surface area (Å²) in [5.41, 5.74) is -1.42. The van der Waals surface area contributed by atoms with E-state index in [9.17, 15) is 48.3 Å². The molecule has 1 aromatic rings. The molecule has 132 valence electrons. The monoisotopic (exact) mass is 361 g/mol. The molecule has 0 aliphatic rings. The summed E-state index contributed by atoms with van der Waals surface area (Å²) in [6.07, 6.45) is -17.1. The van der Waals surface area contributed by atoms with Crippen LogP contribution in [0.1, 0.15) is 22.7 Å². The van der Waals surface area contributed by atoms with Crippen molar-refractivity contribution in [2.75, 3.05) is 0 Å². The van der Waals surface area contributed by atoms with Gasteiger partial charge in [0.25, 0.3) is 0 Å². The Labute approximate surface area is 120 Å². The van der Waals surface area contributed by atoms with E-state index in [1.807, 2.05) is 0 Å². The van der Waals surface area contributed by atoms with E-state index >= 15 is 0 Å². The van der Waals surface area contributed by atoms with E-state index in [0.29, 0.717) is 0 Å². The van der Waals surface area contributed by atoms with Crippen molar-refractivity contribution < 1.29 is 48.3 Å². The Bertz CT molecular complexity index is 567. The molecule has 12 heteroatoms. The van der Waals surface area contributed by atoms with Crippen LogP contribution in [0, 0.1) is 0 Å². The summed E-state index contributed by atoms with van der Waals surface area (Å²) in [6.45, 7) is 0. The van der Waals surface area contributed by atoms with Crippen LogP contribution in [0.5, 0.6) is 0 Å². The van der Waals surface area contributed by atoms with Crippen LogP contribution in [-0.2, 0) is 12.4 Å². The first-order valence-corrected chi connectivity index (χ1v) is 5.48. The highest BCUT2D eigenvalue weighted by molar-refractivity contribution is 5.38. The van der Waals surface area contributed by atoms with Gasteiger partial charge in [-0.15, -0.1) is 0 Å². The van der Waals surface area contributed by atoms with E-state index in [-0.39, 0.29) is 12.1 Å². The summed E-state index contributed by atoms with van der Waals surface area (Å²) in [7, 11) is 0. The Morgan fingerprint density at radius 2 is 1.22 bits per heavy atom. The molecule has 0 aliphatic carbocycles. The van der Waals surface area contributed by atoms with Crippen LogP contribution in [0.25, 0.3) is 0 Å². The van der Waals surface area contributed by atoms with Gasteiger partial charge in [0.2, 0.25) is 0 Å². The number of rotatable bonds is 2. The molecule has 0 saturated heterocycles. The smallest absolute Gasteiger partial charge is 0.319 e. The minimum absolute atomic E-state index is 0.0925. The molecule has 0 heterocycles. The van der Waals surface area contributed by atoms with Crippen LogP contribution in [0.2, 0.25) is 0 Å². The molecule has 23 heavy (non-hydrogen) atoms. The molecule has 1 rings (SSSR count). The topological polar surface area (TPSA) is 26.0 Å². The highest BCUT2D eigenvalue weighted by Gasteiger charge is 2.62. The zero-order valence-corrected chi connectivity index (χ0v) is 10.5. The quantitative estimate of drug-likeness (QED) is 0.744. The molecule has 0 radical (unpaired) electrons. The predicted molar refractivity (Wildman–Crippen MR) is 54.4 cm³/mol. The average Bonchev–Trinajstić information content (AvgIpc) is 2.33. The maximum absolute atomic E-state index is 13.1. The number of nitrogens with two attached hydrogens (primary N) is 1. The fraction of sp³-hybridized carbons (Fsp3) is 0.455. The Morgan fingerprint density at radius 3 is 1.57 bits per heavy atom. The summed E-state index contributed by atoms with van der Waals surface area (Å²) in [6, 6.07) is -4.47. The molecule has 2 N–H and O–H groups in total. The van der Waals surface area contributed by atoms with Crippen molar-refractivity contribution in [2.45, 2.75) is 30.5 Å². The van der Waals surface area contributed by atoms with Crippen LogP contribution >= 0.6 is 0 Å². The van der Waals surface area contributed by atoms with Crippen LogP contribution in [0.3, 0.4) is 0 Å². The molecule has 1 aromatic carbocycles. The molecule has 0 bridgehead atoms. The molecule has 0 saturated carbocycles. The van der Waals surface area contributed by atoms with E-state index in [1.54, 1.807) is 0 Å². The summed E-state index contributed by atoms with van der Waals surface area (Å²) < 4.78 is 138. The zero-order chi connectivity index (χ0) is 18.4. The normalized spacial score (nSPS) is 15.7. The Hall–Kier alpha value is -1.59. The average molecular weight is 361 g/mol. The highest BCUT2D eigenvalue weighted by atomic mass is 19.4. The second-order valence-electron chi connectivity index (χ2n) is 4.40. The number of benzene rings is 1. The number of hydrogen-bond donors (Lipinski definition) is 1. The fourth-order valence-electron chi connectivity index (χ4n) is 1.63. The second kappa shape index (κ2) is 5.49. The van der Waals surface area contributed by atoms with Gasteiger partial charge in [0.1, 0.15) is 6.04 Å². The maximum atomic E-state index is 13.1. The molecule has 0 spiro atoms. The van der Waals surface area contributed by atoms with Crippen LogP contribution in [0.15, 0.2) is 18.2 Å². The van der Waals surface area contributed by atoms with Crippen molar-refractivity contribution in [3.63, 3.8) is 0 Å². The van der Waals surface area contributed by atoms with Crippen molar-refractivity contribution in [1.29, 1.82) is 0 Å². The number of alkyl halides is 11.